The number of aromatic nitrogens is 4. The standard InChI is InChI=1S/C21H28N6O3S/c1-5-30-13-12-24-31(28,29)18-8-6-17(7-9-18)25-21-22-11-10-19(26-21)20-14-23-16(4)27(20)15(2)3/h6-11,14-15,24H,5,12-13H2,1-4H3,(H,22,25,26). The Balaban J connectivity index is 1.73. The predicted molar refractivity (Wildman–Crippen MR) is 120 cm³/mol. The summed E-state index contributed by atoms with van der Waals surface area (Å²) in [6.45, 7) is 9.12. The van der Waals surface area contributed by atoms with Crippen LogP contribution in [0.2, 0.25) is 0 Å². The fourth-order valence-corrected chi connectivity index (χ4v) is 4.19. The molecule has 0 bridgehead atoms. The molecular weight excluding hydrogens is 416 g/mol. The topological polar surface area (TPSA) is 111 Å². The first kappa shape index (κ1) is 22.9. The van der Waals surface area contributed by atoms with Gasteiger partial charge in [0.15, 0.2) is 0 Å². The fraction of sp³-hybridized carbons (Fsp3) is 0.381. The number of hydrogen-bond donors (Lipinski definition) is 2. The number of hydrogen-bond acceptors (Lipinski definition) is 7. The van der Waals surface area contributed by atoms with Crippen molar-refractivity contribution in [3.05, 3.63) is 48.5 Å². The molecule has 2 heterocycles. The number of ether oxygens (including phenoxy) is 1. The van der Waals surface area contributed by atoms with E-state index in [4.69, 9.17) is 4.74 Å². The lowest BCUT2D eigenvalue weighted by molar-refractivity contribution is 0.153. The third-order valence-electron chi connectivity index (χ3n) is 4.58. The molecule has 0 atom stereocenters. The summed E-state index contributed by atoms with van der Waals surface area (Å²) in [5.41, 5.74) is 2.35. The van der Waals surface area contributed by atoms with Crippen molar-refractivity contribution < 1.29 is 13.2 Å². The maximum atomic E-state index is 12.3. The van der Waals surface area contributed by atoms with E-state index in [1.165, 1.54) is 12.1 Å². The maximum absolute atomic E-state index is 12.3. The molecule has 31 heavy (non-hydrogen) atoms. The molecule has 2 N–H and O–H groups in total. The fourth-order valence-electron chi connectivity index (χ4n) is 3.18. The van der Waals surface area contributed by atoms with E-state index >= 15 is 0 Å². The molecule has 0 spiro atoms. The van der Waals surface area contributed by atoms with Crippen molar-refractivity contribution in [3.8, 4) is 11.4 Å². The second kappa shape index (κ2) is 9.99. The number of nitrogens with zero attached hydrogens (tertiary/aromatic N) is 4. The zero-order valence-electron chi connectivity index (χ0n) is 18.2. The van der Waals surface area contributed by atoms with E-state index < -0.39 is 10.0 Å². The van der Waals surface area contributed by atoms with Gasteiger partial charge in [-0.3, -0.25) is 0 Å². The molecule has 3 rings (SSSR count). The molecule has 0 saturated heterocycles. The Morgan fingerprint density at radius 2 is 1.87 bits per heavy atom. The summed E-state index contributed by atoms with van der Waals surface area (Å²) in [7, 11) is -3.58. The van der Waals surface area contributed by atoms with Crippen LogP contribution in [0.3, 0.4) is 0 Å². The van der Waals surface area contributed by atoms with Crippen molar-refractivity contribution in [1.29, 1.82) is 0 Å². The zero-order chi connectivity index (χ0) is 22.4. The van der Waals surface area contributed by atoms with Crippen LogP contribution in [-0.2, 0) is 14.8 Å². The molecule has 2 aromatic heterocycles. The number of sulfonamides is 1. The zero-order valence-corrected chi connectivity index (χ0v) is 19.0. The predicted octanol–water partition coefficient (Wildman–Crippen LogP) is 3.29. The number of nitrogens with one attached hydrogen (secondary N) is 2. The Kier molecular flexibility index (Phi) is 7.37. The van der Waals surface area contributed by atoms with E-state index in [-0.39, 0.29) is 17.5 Å². The van der Waals surface area contributed by atoms with Crippen molar-refractivity contribution in [1.82, 2.24) is 24.2 Å². The van der Waals surface area contributed by atoms with Gasteiger partial charge < -0.3 is 14.6 Å². The smallest absolute Gasteiger partial charge is 0.240 e. The minimum Gasteiger partial charge on any atom is -0.380 e. The van der Waals surface area contributed by atoms with Crippen LogP contribution in [0.5, 0.6) is 0 Å². The number of anilines is 2. The van der Waals surface area contributed by atoms with E-state index in [0.29, 0.717) is 24.8 Å². The van der Waals surface area contributed by atoms with Crippen LogP contribution < -0.4 is 10.0 Å². The Hall–Kier alpha value is -2.82. The van der Waals surface area contributed by atoms with Crippen molar-refractivity contribution in [2.45, 2.75) is 38.6 Å². The third-order valence-corrected chi connectivity index (χ3v) is 6.06. The lowest BCUT2D eigenvalue weighted by Crippen LogP contribution is -2.27. The van der Waals surface area contributed by atoms with Gasteiger partial charge in [-0.25, -0.2) is 28.1 Å². The molecular formula is C21H28N6O3S. The quantitative estimate of drug-likeness (QED) is 0.462. The molecule has 166 valence electrons. The molecule has 0 fully saturated rings. The number of imidazole rings is 1. The van der Waals surface area contributed by atoms with Crippen LogP contribution in [0, 0.1) is 6.92 Å². The average molecular weight is 445 g/mol. The summed E-state index contributed by atoms with van der Waals surface area (Å²) in [6, 6.07) is 8.51. The number of benzene rings is 1. The van der Waals surface area contributed by atoms with Crippen molar-refractivity contribution in [3.63, 3.8) is 0 Å². The van der Waals surface area contributed by atoms with Gasteiger partial charge in [0.25, 0.3) is 0 Å². The minimum atomic E-state index is -3.58. The van der Waals surface area contributed by atoms with Gasteiger partial charge in [-0.05, 0) is 58.0 Å². The molecule has 0 aliphatic rings. The van der Waals surface area contributed by atoms with E-state index in [1.807, 2.05) is 19.9 Å². The molecule has 10 heteroatoms. The van der Waals surface area contributed by atoms with Gasteiger partial charge >= 0.3 is 0 Å². The summed E-state index contributed by atoms with van der Waals surface area (Å²) in [5, 5.41) is 3.12. The highest BCUT2D eigenvalue weighted by atomic mass is 32.2. The van der Waals surface area contributed by atoms with Crippen molar-refractivity contribution in [2.75, 3.05) is 25.1 Å². The Bertz CT molecular complexity index is 1110. The van der Waals surface area contributed by atoms with Gasteiger partial charge in [-0.2, -0.15) is 0 Å². The Labute approximate surface area is 183 Å². The lowest BCUT2D eigenvalue weighted by atomic mass is 10.2. The van der Waals surface area contributed by atoms with Crippen LogP contribution in [0.25, 0.3) is 11.4 Å². The highest BCUT2D eigenvalue weighted by molar-refractivity contribution is 7.89. The molecule has 3 aromatic rings. The second-order valence-electron chi connectivity index (χ2n) is 7.16. The van der Waals surface area contributed by atoms with Crippen molar-refractivity contribution >= 4 is 21.7 Å². The summed E-state index contributed by atoms with van der Waals surface area (Å²) in [4.78, 5) is 13.5. The van der Waals surface area contributed by atoms with Gasteiger partial charge in [-0.1, -0.05) is 0 Å². The molecule has 9 nitrogen and oxygen atoms in total. The van der Waals surface area contributed by atoms with Crippen LogP contribution in [-0.4, -0.2) is 47.7 Å². The van der Waals surface area contributed by atoms with Gasteiger partial charge in [0.1, 0.15) is 5.82 Å². The summed E-state index contributed by atoms with van der Waals surface area (Å²) in [5.74, 6) is 1.34. The second-order valence-corrected chi connectivity index (χ2v) is 8.93. The molecule has 0 amide bonds. The normalized spacial score (nSPS) is 11.8. The first-order chi connectivity index (χ1) is 14.8. The average Bonchev–Trinajstić information content (AvgIpc) is 3.14. The van der Waals surface area contributed by atoms with Gasteiger partial charge in [-0.15, -0.1) is 0 Å². The first-order valence-electron chi connectivity index (χ1n) is 10.1. The molecule has 0 unspecified atom stereocenters. The lowest BCUT2D eigenvalue weighted by Gasteiger charge is -2.14. The third kappa shape index (κ3) is 5.66. The van der Waals surface area contributed by atoms with Crippen LogP contribution >= 0.6 is 0 Å². The number of rotatable bonds is 10. The highest BCUT2D eigenvalue weighted by Gasteiger charge is 2.15. The molecule has 0 aliphatic heterocycles. The summed E-state index contributed by atoms with van der Waals surface area (Å²) in [6.07, 6.45) is 3.48. The van der Waals surface area contributed by atoms with E-state index in [2.05, 4.69) is 43.4 Å². The monoisotopic (exact) mass is 444 g/mol. The van der Waals surface area contributed by atoms with Gasteiger partial charge in [0.2, 0.25) is 16.0 Å². The van der Waals surface area contributed by atoms with Crippen LogP contribution in [0.4, 0.5) is 11.6 Å². The summed E-state index contributed by atoms with van der Waals surface area (Å²) < 4.78 is 34.5. The first-order valence-corrected chi connectivity index (χ1v) is 11.6. The maximum Gasteiger partial charge on any atom is 0.240 e. The Morgan fingerprint density at radius 3 is 2.55 bits per heavy atom. The van der Waals surface area contributed by atoms with E-state index in [1.54, 1.807) is 24.5 Å². The molecule has 0 radical (unpaired) electrons. The summed E-state index contributed by atoms with van der Waals surface area (Å²) >= 11 is 0. The molecule has 1 aromatic carbocycles. The van der Waals surface area contributed by atoms with Gasteiger partial charge in [0, 0.05) is 31.1 Å². The minimum absolute atomic E-state index is 0.181. The largest absolute Gasteiger partial charge is 0.380 e. The molecule has 0 aliphatic carbocycles. The van der Waals surface area contributed by atoms with E-state index in [9.17, 15) is 8.42 Å². The SMILES string of the molecule is CCOCCNS(=O)(=O)c1ccc(Nc2nccc(-c3cnc(C)n3C(C)C)n2)cc1. The van der Waals surface area contributed by atoms with Crippen LogP contribution in [0.1, 0.15) is 32.6 Å². The van der Waals surface area contributed by atoms with Crippen LogP contribution in [0.15, 0.2) is 47.6 Å². The number of aryl methyl sites for hydroxylation is 1. The highest BCUT2D eigenvalue weighted by Crippen LogP contribution is 2.24. The van der Waals surface area contributed by atoms with E-state index in [0.717, 1.165) is 17.2 Å². The van der Waals surface area contributed by atoms with Crippen molar-refractivity contribution in [2.24, 2.45) is 0 Å². The Morgan fingerprint density at radius 1 is 1.13 bits per heavy atom. The van der Waals surface area contributed by atoms with Gasteiger partial charge in [0.05, 0.1) is 29.1 Å². The molecule has 0 saturated carbocycles.